The number of rotatable bonds is 3. The molecule has 2 heterocycles. The number of alkyl halides is 3. The van der Waals surface area contributed by atoms with Crippen LogP contribution in [0.15, 0.2) is 4.52 Å². The normalized spacial score (nSPS) is 22.1. The van der Waals surface area contributed by atoms with Crippen LogP contribution >= 0.6 is 0 Å². The number of nitrogens with zero attached hydrogens (tertiary/aromatic N) is 3. The third-order valence-corrected chi connectivity index (χ3v) is 3.33. The summed E-state index contributed by atoms with van der Waals surface area (Å²) in [6.45, 7) is 4.84. The molecule has 0 saturated carbocycles. The average molecular weight is 277 g/mol. The molecule has 1 aliphatic rings. The summed E-state index contributed by atoms with van der Waals surface area (Å²) in [4.78, 5) is 5.93. The smallest absolute Gasteiger partial charge is 0.338 e. The lowest BCUT2D eigenvalue weighted by Crippen LogP contribution is -2.41. The van der Waals surface area contributed by atoms with Crippen molar-refractivity contribution in [2.75, 3.05) is 13.1 Å². The first-order chi connectivity index (χ1) is 8.86. The minimum Gasteiger partial charge on any atom is -0.338 e. The number of halogens is 3. The van der Waals surface area contributed by atoms with Gasteiger partial charge in [-0.1, -0.05) is 19.0 Å². The first-order valence-corrected chi connectivity index (χ1v) is 6.48. The molecule has 1 aliphatic heterocycles. The predicted octanol–water partition coefficient (Wildman–Crippen LogP) is 2.97. The van der Waals surface area contributed by atoms with E-state index < -0.39 is 12.1 Å². The highest BCUT2D eigenvalue weighted by Gasteiger charge is 2.41. The summed E-state index contributed by atoms with van der Waals surface area (Å²) in [5, 5.41) is 3.81. The molecule has 108 valence electrons. The lowest BCUT2D eigenvalue weighted by atomic mass is 9.97. The monoisotopic (exact) mass is 277 g/mol. The second-order valence-electron chi connectivity index (χ2n) is 5.32. The summed E-state index contributed by atoms with van der Waals surface area (Å²) >= 11 is 0. The predicted molar refractivity (Wildman–Crippen MR) is 62.4 cm³/mol. The molecule has 7 heteroatoms. The van der Waals surface area contributed by atoms with Gasteiger partial charge in [0.2, 0.25) is 5.89 Å². The maximum absolute atomic E-state index is 12.7. The third kappa shape index (κ3) is 3.68. The minimum atomic E-state index is -4.11. The van der Waals surface area contributed by atoms with Crippen LogP contribution in [0.25, 0.3) is 0 Å². The quantitative estimate of drug-likeness (QED) is 0.852. The molecule has 2 rings (SSSR count). The molecule has 1 atom stereocenters. The van der Waals surface area contributed by atoms with Crippen LogP contribution < -0.4 is 0 Å². The molecule has 0 amide bonds. The van der Waals surface area contributed by atoms with Crippen LogP contribution in [0.5, 0.6) is 0 Å². The van der Waals surface area contributed by atoms with Gasteiger partial charge in [0.15, 0.2) is 5.82 Å². The largest absolute Gasteiger partial charge is 0.393 e. The molecular formula is C12H18F3N3O. The summed E-state index contributed by atoms with van der Waals surface area (Å²) in [5.74, 6) is -0.0959. The van der Waals surface area contributed by atoms with Crippen molar-refractivity contribution < 1.29 is 17.7 Å². The Morgan fingerprint density at radius 1 is 1.42 bits per heavy atom. The number of hydrogen-bond donors (Lipinski definition) is 0. The summed E-state index contributed by atoms with van der Waals surface area (Å²) in [6.07, 6.45) is -3.35. The number of hydrogen-bond acceptors (Lipinski definition) is 4. The van der Waals surface area contributed by atoms with Crippen LogP contribution in [-0.4, -0.2) is 34.3 Å². The summed E-state index contributed by atoms with van der Waals surface area (Å²) in [6, 6.07) is 0. The van der Waals surface area contributed by atoms with Gasteiger partial charge >= 0.3 is 6.18 Å². The highest BCUT2D eigenvalue weighted by molar-refractivity contribution is 4.92. The Labute approximate surface area is 110 Å². The van der Waals surface area contributed by atoms with E-state index >= 15 is 0 Å². The molecular weight excluding hydrogens is 259 g/mol. The Morgan fingerprint density at radius 2 is 2.16 bits per heavy atom. The second-order valence-corrected chi connectivity index (χ2v) is 5.32. The van der Waals surface area contributed by atoms with E-state index in [0.29, 0.717) is 31.2 Å². The molecule has 0 N–H and O–H groups in total. The Kier molecular flexibility index (Phi) is 4.13. The molecule has 0 spiro atoms. The molecule has 0 aromatic carbocycles. The van der Waals surface area contributed by atoms with E-state index in [1.54, 1.807) is 4.90 Å². The van der Waals surface area contributed by atoms with E-state index in [1.807, 2.05) is 13.8 Å². The zero-order valence-corrected chi connectivity index (χ0v) is 11.1. The SMILES string of the molecule is CC(C)c1noc(CN2CCC[C@@H](C(F)(F)F)C2)n1. The van der Waals surface area contributed by atoms with Gasteiger partial charge in [-0.15, -0.1) is 0 Å². The Morgan fingerprint density at radius 3 is 2.74 bits per heavy atom. The minimum absolute atomic E-state index is 0.0168. The molecule has 1 aromatic heterocycles. The number of aromatic nitrogens is 2. The fourth-order valence-corrected chi connectivity index (χ4v) is 2.22. The molecule has 0 aliphatic carbocycles. The van der Waals surface area contributed by atoms with E-state index in [4.69, 9.17) is 4.52 Å². The first kappa shape index (κ1) is 14.3. The van der Waals surface area contributed by atoms with Gasteiger partial charge in [-0.3, -0.25) is 4.90 Å². The third-order valence-electron chi connectivity index (χ3n) is 3.33. The van der Waals surface area contributed by atoms with Crippen molar-refractivity contribution in [3.63, 3.8) is 0 Å². The molecule has 1 saturated heterocycles. The lowest BCUT2D eigenvalue weighted by Gasteiger charge is -2.32. The maximum Gasteiger partial charge on any atom is 0.393 e. The van der Waals surface area contributed by atoms with E-state index in [-0.39, 0.29) is 18.9 Å². The van der Waals surface area contributed by atoms with E-state index in [1.165, 1.54) is 0 Å². The maximum atomic E-state index is 12.7. The van der Waals surface area contributed by atoms with Crippen molar-refractivity contribution in [1.82, 2.24) is 15.0 Å². The van der Waals surface area contributed by atoms with E-state index in [9.17, 15) is 13.2 Å². The van der Waals surface area contributed by atoms with Crippen molar-refractivity contribution in [3.05, 3.63) is 11.7 Å². The first-order valence-electron chi connectivity index (χ1n) is 6.48. The van der Waals surface area contributed by atoms with Gasteiger partial charge in [0, 0.05) is 12.5 Å². The molecule has 1 aromatic rings. The van der Waals surface area contributed by atoms with Crippen LogP contribution in [0.4, 0.5) is 13.2 Å². The standard InChI is InChI=1S/C12H18F3N3O/c1-8(2)11-16-10(19-17-11)7-18-5-3-4-9(6-18)12(13,14)15/h8-9H,3-7H2,1-2H3/t9-/m1/s1. The highest BCUT2D eigenvalue weighted by Crippen LogP contribution is 2.33. The second kappa shape index (κ2) is 5.48. The van der Waals surface area contributed by atoms with Crippen molar-refractivity contribution in [3.8, 4) is 0 Å². The van der Waals surface area contributed by atoms with Gasteiger partial charge in [0.25, 0.3) is 0 Å². The zero-order valence-electron chi connectivity index (χ0n) is 11.1. The van der Waals surface area contributed by atoms with Crippen molar-refractivity contribution in [2.24, 2.45) is 5.92 Å². The van der Waals surface area contributed by atoms with Crippen molar-refractivity contribution >= 4 is 0 Å². The molecule has 0 bridgehead atoms. The Bertz CT molecular complexity index is 417. The van der Waals surface area contributed by atoms with E-state index in [0.717, 1.165) is 0 Å². The molecule has 1 fully saturated rings. The summed E-state index contributed by atoms with van der Waals surface area (Å²) < 4.78 is 43.1. The van der Waals surface area contributed by atoms with Crippen LogP contribution in [0.3, 0.4) is 0 Å². The molecule has 4 nitrogen and oxygen atoms in total. The van der Waals surface area contributed by atoms with Crippen LogP contribution in [0.1, 0.15) is 44.3 Å². The Hall–Kier alpha value is -1.11. The van der Waals surface area contributed by atoms with E-state index in [2.05, 4.69) is 10.1 Å². The number of likely N-dealkylation sites (tertiary alicyclic amines) is 1. The summed E-state index contributed by atoms with van der Waals surface area (Å²) in [5.41, 5.74) is 0. The van der Waals surface area contributed by atoms with Gasteiger partial charge in [0.1, 0.15) is 0 Å². The van der Waals surface area contributed by atoms with Gasteiger partial charge in [-0.25, -0.2) is 0 Å². The fourth-order valence-electron chi connectivity index (χ4n) is 2.22. The average Bonchev–Trinajstić information content (AvgIpc) is 2.77. The van der Waals surface area contributed by atoms with Crippen LogP contribution in [-0.2, 0) is 6.54 Å². The molecule has 19 heavy (non-hydrogen) atoms. The van der Waals surface area contributed by atoms with Gasteiger partial charge < -0.3 is 4.52 Å². The highest BCUT2D eigenvalue weighted by atomic mass is 19.4. The van der Waals surface area contributed by atoms with Gasteiger partial charge in [-0.05, 0) is 19.4 Å². The Balaban J connectivity index is 1.95. The zero-order chi connectivity index (χ0) is 14.0. The molecule has 0 radical (unpaired) electrons. The summed E-state index contributed by atoms with van der Waals surface area (Å²) in [7, 11) is 0. The van der Waals surface area contributed by atoms with Gasteiger partial charge in [0.05, 0.1) is 12.5 Å². The number of piperidine rings is 1. The molecule has 0 unspecified atom stereocenters. The van der Waals surface area contributed by atoms with Crippen LogP contribution in [0.2, 0.25) is 0 Å². The fraction of sp³-hybridized carbons (Fsp3) is 0.833. The topological polar surface area (TPSA) is 42.2 Å². The van der Waals surface area contributed by atoms with Crippen LogP contribution in [0, 0.1) is 5.92 Å². The van der Waals surface area contributed by atoms with Gasteiger partial charge in [-0.2, -0.15) is 18.2 Å². The van der Waals surface area contributed by atoms with Crippen molar-refractivity contribution in [2.45, 2.75) is 45.3 Å². The van der Waals surface area contributed by atoms with Crippen molar-refractivity contribution in [1.29, 1.82) is 0 Å². The lowest BCUT2D eigenvalue weighted by molar-refractivity contribution is -0.187.